The largest absolute Gasteiger partial charge is 0.365 e. The SMILES string of the molecule is CN(CC(=O)Nc1ccc(C[NH+]2CCCC2)cc1)c1ccc2ccccc2c1. The summed E-state index contributed by atoms with van der Waals surface area (Å²) in [6.07, 6.45) is 2.68. The molecular weight excluding hydrogens is 346 g/mol. The number of carbonyl (C=O) groups excluding carboxylic acids is 1. The molecule has 4 rings (SSSR count). The van der Waals surface area contributed by atoms with Gasteiger partial charge in [-0.3, -0.25) is 4.79 Å². The zero-order chi connectivity index (χ0) is 19.3. The third-order valence-corrected chi connectivity index (χ3v) is 5.56. The molecule has 0 aliphatic carbocycles. The number of carbonyl (C=O) groups is 1. The van der Waals surface area contributed by atoms with Gasteiger partial charge < -0.3 is 15.1 Å². The fourth-order valence-electron chi connectivity index (χ4n) is 3.97. The van der Waals surface area contributed by atoms with Gasteiger partial charge in [0, 0.05) is 36.8 Å². The molecule has 4 heteroatoms. The van der Waals surface area contributed by atoms with Crippen LogP contribution in [0.2, 0.25) is 0 Å². The Bertz CT molecular complexity index is 945. The average molecular weight is 375 g/mol. The molecule has 1 saturated heterocycles. The van der Waals surface area contributed by atoms with Gasteiger partial charge in [0.15, 0.2) is 0 Å². The molecule has 0 aromatic heterocycles. The number of fused-ring (bicyclic) bond motifs is 1. The summed E-state index contributed by atoms with van der Waals surface area (Å²) < 4.78 is 0. The lowest BCUT2D eigenvalue weighted by atomic mass is 10.1. The topological polar surface area (TPSA) is 36.8 Å². The molecule has 1 amide bonds. The predicted octanol–water partition coefficient (Wildman–Crippen LogP) is 3.09. The fourth-order valence-corrected chi connectivity index (χ4v) is 3.97. The molecule has 144 valence electrons. The maximum absolute atomic E-state index is 12.5. The van der Waals surface area contributed by atoms with Crippen molar-refractivity contribution in [3.63, 3.8) is 0 Å². The van der Waals surface area contributed by atoms with Crippen molar-refractivity contribution in [3.05, 3.63) is 72.3 Å². The van der Waals surface area contributed by atoms with Crippen molar-refractivity contribution in [2.45, 2.75) is 19.4 Å². The maximum Gasteiger partial charge on any atom is 0.243 e. The van der Waals surface area contributed by atoms with E-state index in [9.17, 15) is 4.79 Å². The monoisotopic (exact) mass is 374 g/mol. The average Bonchev–Trinajstić information content (AvgIpc) is 3.22. The van der Waals surface area contributed by atoms with Crippen LogP contribution in [0.25, 0.3) is 10.8 Å². The molecule has 0 saturated carbocycles. The Balaban J connectivity index is 1.33. The smallest absolute Gasteiger partial charge is 0.243 e. The van der Waals surface area contributed by atoms with Crippen molar-refractivity contribution >= 4 is 28.1 Å². The Morgan fingerprint density at radius 1 is 0.964 bits per heavy atom. The molecule has 3 aromatic carbocycles. The maximum atomic E-state index is 12.5. The standard InChI is InChI=1S/C24H27N3O/c1-26(23-13-10-20-6-2-3-7-21(20)16-23)18-24(28)25-22-11-8-19(9-12-22)17-27-14-4-5-15-27/h2-3,6-13,16H,4-5,14-15,17-18H2,1H3,(H,25,28)/p+1. The Labute approximate surface area is 166 Å². The minimum atomic E-state index is -0.00595. The van der Waals surface area contributed by atoms with E-state index in [0.717, 1.165) is 17.9 Å². The number of quaternary nitrogens is 1. The van der Waals surface area contributed by atoms with Gasteiger partial charge in [0.25, 0.3) is 0 Å². The number of amides is 1. The lowest BCUT2D eigenvalue weighted by molar-refractivity contribution is -0.901. The Hall–Kier alpha value is -2.85. The Morgan fingerprint density at radius 3 is 2.43 bits per heavy atom. The van der Waals surface area contributed by atoms with Crippen LogP contribution in [-0.4, -0.2) is 32.6 Å². The van der Waals surface area contributed by atoms with Crippen molar-refractivity contribution in [3.8, 4) is 0 Å². The first-order valence-electron chi connectivity index (χ1n) is 10.1. The third-order valence-electron chi connectivity index (χ3n) is 5.56. The summed E-state index contributed by atoms with van der Waals surface area (Å²) in [6, 6.07) is 22.8. The highest BCUT2D eigenvalue weighted by atomic mass is 16.2. The Kier molecular flexibility index (Phi) is 5.58. The number of hydrogen-bond acceptors (Lipinski definition) is 2. The normalized spacial score (nSPS) is 14.3. The highest BCUT2D eigenvalue weighted by molar-refractivity contribution is 5.94. The van der Waals surface area contributed by atoms with Gasteiger partial charge in [-0.25, -0.2) is 0 Å². The van der Waals surface area contributed by atoms with E-state index in [1.807, 2.05) is 36.2 Å². The molecule has 0 radical (unpaired) electrons. The molecule has 4 nitrogen and oxygen atoms in total. The first kappa shape index (κ1) is 18.5. The number of anilines is 2. The number of nitrogens with zero attached hydrogens (tertiary/aromatic N) is 1. The molecule has 2 N–H and O–H groups in total. The molecule has 1 heterocycles. The molecular formula is C24H28N3O+. The third kappa shape index (κ3) is 4.52. The van der Waals surface area contributed by atoms with Gasteiger partial charge in [0.05, 0.1) is 19.6 Å². The lowest BCUT2D eigenvalue weighted by Crippen LogP contribution is -3.08. The summed E-state index contributed by atoms with van der Waals surface area (Å²) in [5.74, 6) is -0.00595. The van der Waals surface area contributed by atoms with Gasteiger partial charge in [-0.2, -0.15) is 0 Å². The van der Waals surface area contributed by atoms with Crippen molar-refractivity contribution < 1.29 is 9.69 Å². The number of likely N-dealkylation sites (N-methyl/N-ethyl adjacent to an activating group) is 1. The van der Waals surface area contributed by atoms with Gasteiger partial charge in [-0.05, 0) is 35.0 Å². The zero-order valence-electron chi connectivity index (χ0n) is 16.4. The van der Waals surface area contributed by atoms with Crippen LogP contribution in [0.3, 0.4) is 0 Å². The number of benzene rings is 3. The number of rotatable bonds is 6. The van der Waals surface area contributed by atoms with Crippen LogP contribution in [0.1, 0.15) is 18.4 Å². The van der Waals surface area contributed by atoms with Crippen LogP contribution in [0.4, 0.5) is 11.4 Å². The van der Waals surface area contributed by atoms with E-state index in [1.165, 1.54) is 42.3 Å². The van der Waals surface area contributed by atoms with Gasteiger partial charge in [0.2, 0.25) is 5.91 Å². The molecule has 0 atom stereocenters. The number of nitrogens with one attached hydrogen (secondary N) is 2. The first-order chi connectivity index (χ1) is 13.7. The van der Waals surface area contributed by atoms with Crippen LogP contribution in [0.15, 0.2) is 66.7 Å². The molecule has 1 aliphatic rings. The molecule has 1 aliphatic heterocycles. The predicted molar refractivity (Wildman–Crippen MR) is 116 cm³/mol. The summed E-state index contributed by atoms with van der Waals surface area (Å²) in [4.78, 5) is 16.1. The van der Waals surface area contributed by atoms with Gasteiger partial charge in [-0.15, -0.1) is 0 Å². The van der Waals surface area contributed by atoms with Gasteiger partial charge in [0.1, 0.15) is 6.54 Å². The summed E-state index contributed by atoms with van der Waals surface area (Å²) in [5, 5.41) is 5.40. The molecule has 3 aromatic rings. The molecule has 1 fully saturated rings. The summed E-state index contributed by atoms with van der Waals surface area (Å²) in [5.41, 5.74) is 3.23. The zero-order valence-corrected chi connectivity index (χ0v) is 16.4. The van der Waals surface area contributed by atoms with Crippen molar-refractivity contribution in [2.75, 3.05) is 36.9 Å². The van der Waals surface area contributed by atoms with E-state index in [2.05, 4.69) is 47.8 Å². The van der Waals surface area contributed by atoms with Crippen LogP contribution < -0.4 is 15.1 Å². The van der Waals surface area contributed by atoms with E-state index in [1.54, 1.807) is 4.90 Å². The van der Waals surface area contributed by atoms with Crippen molar-refractivity contribution in [2.24, 2.45) is 0 Å². The molecule has 0 bridgehead atoms. The van der Waals surface area contributed by atoms with Crippen molar-refractivity contribution in [1.29, 1.82) is 0 Å². The van der Waals surface area contributed by atoms with Crippen molar-refractivity contribution in [1.82, 2.24) is 0 Å². The molecule has 0 unspecified atom stereocenters. The first-order valence-corrected chi connectivity index (χ1v) is 10.1. The minimum absolute atomic E-state index is 0.00595. The minimum Gasteiger partial charge on any atom is -0.365 e. The van der Waals surface area contributed by atoms with E-state index in [0.29, 0.717) is 6.54 Å². The number of hydrogen-bond donors (Lipinski definition) is 2. The van der Waals surface area contributed by atoms with E-state index >= 15 is 0 Å². The van der Waals surface area contributed by atoms with Crippen LogP contribution >= 0.6 is 0 Å². The van der Waals surface area contributed by atoms with Crippen LogP contribution in [0, 0.1) is 0 Å². The Morgan fingerprint density at radius 2 is 1.68 bits per heavy atom. The summed E-state index contributed by atoms with van der Waals surface area (Å²) in [7, 11) is 1.95. The van der Waals surface area contributed by atoms with E-state index < -0.39 is 0 Å². The highest BCUT2D eigenvalue weighted by Gasteiger charge is 2.15. The number of likely N-dealkylation sites (tertiary alicyclic amines) is 1. The lowest BCUT2D eigenvalue weighted by Gasteiger charge is -2.19. The second-order valence-electron chi connectivity index (χ2n) is 7.77. The second-order valence-corrected chi connectivity index (χ2v) is 7.77. The van der Waals surface area contributed by atoms with E-state index in [4.69, 9.17) is 0 Å². The van der Waals surface area contributed by atoms with Crippen LogP contribution in [-0.2, 0) is 11.3 Å². The molecule has 0 spiro atoms. The summed E-state index contributed by atoms with van der Waals surface area (Å²) >= 11 is 0. The van der Waals surface area contributed by atoms with Gasteiger partial charge >= 0.3 is 0 Å². The van der Waals surface area contributed by atoms with Crippen LogP contribution in [0.5, 0.6) is 0 Å². The quantitative estimate of drug-likeness (QED) is 0.696. The second kappa shape index (κ2) is 8.44. The van der Waals surface area contributed by atoms with E-state index in [-0.39, 0.29) is 5.91 Å². The van der Waals surface area contributed by atoms with Gasteiger partial charge in [-0.1, -0.05) is 42.5 Å². The summed E-state index contributed by atoms with van der Waals surface area (Å²) in [6.45, 7) is 3.95. The fraction of sp³-hybridized carbons (Fsp3) is 0.292. The molecule has 28 heavy (non-hydrogen) atoms. The highest BCUT2D eigenvalue weighted by Crippen LogP contribution is 2.21.